The van der Waals surface area contributed by atoms with Crippen molar-refractivity contribution in [2.45, 2.75) is 45.6 Å². The maximum Gasteiger partial charge on any atom is 0.159 e. The molecule has 0 amide bonds. The van der Waals surface area contributed by atoms with Crippen molar-refractivity contribution in [3.63, 3.8) is 0 Å². The van der Waals surface area contributed by atoms with Gasteiger partial charge in [-0.2, -0.15) is 0 Å². The van der Waals surface area contributed by atoms with Gasteiger partial charge in [0.05, 0.1) is 10.7 Å². The van der Waals surface area contributed by atoms with E-state index in [2.05, 4.69) is 30.2 Å². The quantitative estimate of drug-likeness (QED) is 0.462. The SMILES string of the molecule is Cc1ccc(NC(C(=O)CCc2ccncc2)c2ccccc2C(C)C)c(Cl)c1. The van der Waals surface area contributed by atoms with Crippen LogP contribution in [-0.2, 0) is 11.2 Å². The molecule has 0 saturated carbocycles. The number of carbonyl (C=O) groups excluding carboxylic acids is 1. The Morgan fingerprint density at radius 3 is 2.38 bits per heavy atom. The Morgan fingerprint density at radius 1 is 1.03 bits per heavy atom. The van der Waals surface area contributed by atoms with Crippen LogP contribution in [0.1, 0.15) is 54.5 Å². The number of hydrogen-bond acceptors (Lipinski definition) is 3. The van der Waals surface area contributed by atoms with Gasteiger partial charge in [-0.3, -0.25) is 9.78 Å². The Balaban J connectivity index is 1.91. The zero-order chi connectivity index (χ0) is 20.8. The van der Waals surface area contributed by atoms with E-state index in [0.29, 0.717) is 23.8 Å². The fraction of sp³-hybridized carbons (Fsp3) is 0.280. The Hall–Kier alpha value is -2.65. The first-order valence-corrected chi connectivity index (χ1v) is 10.4. The predicted molar refractivity (Wildman–Crippen MR) is 121 cm³/mol. The molecule has 4 heteroatoms. The second kappa shape index (κ2) is 9.71. The Bertz CT molecular complexity index is 970. The van der Waals surface area contributed by atoms with Crippen LogP contribution in [0, 0.1) is 6.92 Å². The Kier molecular flexibility index (Phi) is 7.05. The summed E-state index contributed by atoms with van der Waals surface area (Å²) >= 11 is 6.46. The number of nitrogens with one attached hydrogen (secondary N) is 1. The summed E-state index contributed by atoms with van der Waals surface area (Å²) in [5, 5.41) is 4.05. The van der Waals surface area contributed by atoms with Gasteiger partial charge in [0.1, 0.15) is 6.04 Å². The molecular formula is C25H27ClN2O. The molecule has 1 aromatic heterocycles. The number of aryl methyl sites for hydroxylation is 2. The van der Waals surface area contributed by atoms with Gasteiger partial charge in [0.2, 0.25) is 0 Å². The van der Waals surface area contributed by atoms with Crippen LogP contribution in [0.15, 0.2) is 67.0 Å². The summed E-state index contributed by atoms with van der Waals surface area (Å²) in [6.07, 6.45) is 4.65. The van der Waals surface area contributed by atoms with Crippen molar-refractivity contribution >= 4 is 23.1 Å². The van der Waals surface area contributed by atoms with Crippen LogP contribution < -0.4 is 5.32 Å². The average molecular weight is 407 g/mol. The molecule has 3 rings (SSSR count). The van der Waals surface area contributed by atoms with Crippen molar-refractivity contribution < 1.29 is 4.79 Å². The van der Waals surface area contributed by atoms with Gasteiger partial charge in [0.25, 0.3) is 0 Å². The molecule has 1 N–H and O–H groups in total. The lowest BCUT2D eigenvalue weighted by molar-refractivity contribution is -0.119. The summed E-state index contributed by atoms with van der Waals surface area (Å²) < 4.78 is 0. The van der Waals surface area contributed by atoms with E-state index in [-0.39, 0.29) is 5.78 Å². The van der Waals surface area contributed by atoms with E-state index in [1.807, 2.05) is 55.5 Å². The number of hydrogen-bond donors (Lipinski definition) is 1. The van der Waals surface area contributed by atoms with E-state index in [9.17, 15) is 4.79 Å². The van der Waals surface area contributed by atoms with Crippen LogP contribution in [0.4, 0.5) is 5.69 Å². The molecule has 3 aromatic rings. The number of nitrogens with zero attached hydrogens (tertiary/aromatic N) is 1. The molecule has 1 heterocycles. The summed E-state index contributed by atoms with van der Waals surface area (Å²) in [4.78, 5) is 17.4. The van der Waals surface area contributed by atoms with Crippen LogP contribution in [0.3, 0.4) is 0 Å². The second-order valence-corrected chi connectivity index (χ2v) is 8.07. The average Bonchev–Trinajstić information content (AvgIpc) is 2.72. The number of carbonyl (C=O) groups is 1. The number of pyridine rings is 1. The lowest BCUT2D eigenvalue weighted by Crippen LogP contribution is -2.23. The van der Waals surface area contributed by atoms with Crippen molar-refractivity contribution in [3.05, 3.63) is 94.3 Å². The third kappa shape index (κ3) is 5.45. The molecule has 29 heavy (non-hydrogen) atoms. The highest BCUT2D eigenvalue weighted by molar-refractivity contribution is 6.33. The lowest BCUT2D eigenvalue weighted by atomic mass is 9.89. The molecule has 0 radical (unpaired) electrons. The normalized spacial score (nSPS) is 12.0. The standard InChI is InChI=1S/C25H27ClN2O/c1-17(2)20-6-4-5-7-21(20)25(28-23-10-8-18(3)16-22(23)26)24(29)11-9-19-12-14-27-15-13-19/h4-8,10,12-17,25,28H,9,11H2,1-3H3. The number of aromatic nitrogens is 1. The maximum atomic E-state index is 13.4. The Morgan fingerprint density at radius 2 is 1.72 bits per heavy atom. The summed E-state index contributed by atoms with van der Waals surface area (Å²) in [5.41, 5.74) is 5.16. The minimum Gasteiger partial charge on any atom is -0.370 e. The van der Waals surface area contributed by atoms with Gasteiger partial charge in [-0.05, 0) is 65.8 Å². The van der Waals surface area contributed by atoms with Gasteiger partial charge in [-0.1, -0.05) is 55.8 Å². The summed E-state index contributed by atoms with van der Waals surface area (Å²) in [6, 6.07) is 17.5. The van der Waals surface area contributed by atoms with Crippen LogP contribution >= 0.6 is 11.6 Å². The van der Waals surface area contributed by atoms with E-state index < -0.39 is 6.04 Å². The van der Waals surface area contributed by atoms with Gasteiger partial charge >= 0.3 is 0 Å². The predicted octanol–water partition coefficient (Wildman–Crippen LogP) is 6.52. The van der Waals surface area contributed by atoms with Crippen molar-refractivity contribution in [3.8, 4) is 0 Å². The number of halogens is 1. The first-order valence-electron chi connectivity index (χ1n) is 9.99. The largest absolute Gasteiger partial charge is 0.370 e. The number of Topliss-reactive ketones (excluding diaryl/α,β-unsaturated/α-hetero) is 1. The van der Waals surface area contributed by atoms with Gasteiger partial charge in [-0.25, -0.2) is 0 Å². The van der Waals surface area contributed by atoms with Crippen molar-refractivity contribution in [2.75, 3.05) is 5.32 Å². The highest BCUT2D eigenvalue weighted by Gasteiger charge is 2.24. The molecule has 2 aromatic carbocycles. The summed E-state index contributed by atoms with van der Waals surface area (Å²) in [6.45, 7) is 6.30. The minimum atomic E-state index is -0.448. The van der Waals surface area contributed by atoms with Crippen LogP contribution in [-0.4, -0.2) is 10.8 Å². The van der Waals surface area contributed by atoms with Gasteiger partial charge in [-0.15, -0.1) is 0 Å². The highest BCUT2D eigenvalue weighted by Crippen LogP contribution is 2.32. The van der Waals surface area contributed by atoms with Gasteiger partial charge in [0.15, 0.2) is 5.78 Å². The first-order chi connectivity index (χ1) is 14.0. The molecule has 0 aliphatic carbocycles. The number of benzene rings is 2. The zero-order valence-corrected chi connectivity index (χ0v) is 17.9. The molecule has 1 atom stereocenters. The molecule has 0 aliphatic heterocycles. The van der Waals surface area contributed by atoms with Crippen molar-refractivity contribution in [1.29, 1.82) is 0 Å². The fourth-order valence-electron chi connectivity index (χ4n) is 3.49. The molecule has 0 saturated heterocycles. The highest BCUT2D eigenvalue weighted by atomic mass is 35.5. The fourth-order valence-corrected chi connectivity index (χ4v) is 3.77. The number of anilines is 1. The third-order valence-electron chi connectivity index (χ3n) is 5.08. The van der Waals surface area contributed by atoms with E-state index in [0.717, 1.165) is 22.4 Å². The molecule has 0 bridgehead atoms. The van der Waals surface area contributed by atoms with Gasteiger partial charge in [0, 0.05) is 18.8 Å². The van der Waals surface area contributed by atoms with E-state index in [4.69, 9.17) is 11.6 Å². The van der Waals surface area contributed by atoms with E-state index in [1.165, 1.54) is 5.56 Å². The van der Waals surface area contributed by atoms with Crippen LogP contribution in [0.5, 0.6) is 0 Å². The lowest BCUT2D eigenvalue weighted by Gasteiger charge is -2.24. The molecule has 0 aliphatic rings. The van der Waals surface area contributed by atoms with Crippen LogP contribution in [0.25, 0.3) is 0 Å². The number of rotatable bonds is 8. The summed E-state index contributed by atoms with van der Waals surface area (Å²) in [7, 11) is 0. The minimum absolute atomic E-state index is 0.145. The topological polar surface area (TPSA) is 42.0 Å². The summed E-state index contributed by atoms with van der Waals surface area (Å²) in [5.74, 6) is 0.462. The number of ketones is 1. The van der Waals surface area contributed by atoms with Gasteiger partial charge < -0.3 is 5.32 Å². The monoisotopic (exact) mass is 406 g/mol. The molecular weight excluding hydrogens is 380 g/mol. The zero-order valence-electron chi connectivity index (χ0n) is 17.2. The molecule has 0 fully saturated rings. The molecule has 3 nitrogen and oxygen atoms in total. The third-order valence-corrected chi connectivity index (χ3v) is 5.40. The molecule has 0 spiro atoms. The first kappa shape index (κ1) is 21.1. The molecule has 150 valence electrons. The van der Waals surface area contributed by atoms with E-state index in [1.54, 1.807) is 12.4 Å². The van der Waals surface area contributed by atoms with Crippen molar-refractivity contribution in [2.24, 2.45) is 0 Å². The van der Waals surface area contributed by atoms with E-state index >= 15 is 0 Å². The van der Waals surface area contributed by atoms with Crippen molar-refractivity contribution in [1.82, 2.24) is 4.98 Å². The van der Waals surface area contributed by atoms with Crippen LogP contribution in [0.2, 0.25) is 5.02 Å². The smallest absolute Gasteiger partial charge is 0.159 e. The Labute approximate surface area is 178 Å². The molecule has 1 unspecified atom stereocenters. The second-order valence-electron chi connectivity index (χ2n) is 7.67. The maximum absolute atomic E-state index is 13.4.